The van der Waals surface area contributed by atoms with Crippen LogP contribution < -0.4 is 4.90 Å². The van der Waals surface area contributed by atoms with E-state index in [1.54, 1.807) is 0 Å². The van der Waals surface area contributed by atoms with Crippen molar-refractivity contribution in [3.05, 3.63) is 47.5 Å². The second-order valence-electron chi connectivity index (χ2n) is 6.16. The van der Waals surface area contributed by atoms with Crippen LogP contribution in [0.3, 0.4) is 0 Å². The third-order valence-corrected chi connectivity index (χ3v) is 4.62. The Hall–Kier alpha value is -2.36. The van der Waals surface area contributed by atoms with Gasteiger partial charge in [0.25, 0.3) is 0 Å². The number of rotatable bonds is 2. The number of nitrogens with zero attached hydrogens (tertiary/aromatic N) is 2. The van der Waals surface area contributed by atoms with Gasteiger partial charge in [0.2, 0.25) is 0 Å². The van der Waals surface area contributed by atoms with Gasteiger partial charge in [0, 0.05) is 25.1 Å². The highest BCUT2D eigenvalue weighted by Gasteiger charge is 2.26. The fourth-order valence-electron chi connectivity index (χ4n) is 3.42. The largest absolute Gasteiger partial charge is 0.462 e. The summed E-state index contributed by atoms with van der Waals surface area (Å²) < 4.78 is 5.26. The van der Waals surface area contributed by atoms with Crippen molar-refractivity contribution < 1.29 is 9.53 Å². The van der Waals surface area contributed by atoms with Gasteiger partial charge in [-0.15, -0.1) is 0 Å². The van der Waals surface area contributed by atoms with E-state index in [9.17, 15) is 4.79 Å². The molecule has 0 N–H and O–H groups in total. The Morgan fingerprint density at radius 3 is 2.61 bits per heavy atom. The van der Waals surface area contributed by atoms with Gasteiger partial charge in [-0.05, 0) is 30.9 Å². The first-order valence-corrected chi connectivity index (χ1v) is 8.34. The lowest BCUT2D eigenvalue weighted by molar-refractivity contribution is 0.0481. The molecule has 3 heterocycles. The molecule has 1 saturated heterocycles. The van der Waals surface area contributed by atoms with Gasteiger partial charge < -0.3 is 9.64 Å². The van der Waals surface area contributed by atoms with Gasteiger partial charge in [0.05, 0.1) is 17.9 Å². The van der Waals surface area contributed by atoms with E-state index in [1.165, 1.54) is 19.3 Å². The highest BCUT2D eigenvalue weighted by atomic mass is 16.5. The zero-order valence-electron chi connectivity index (χ0n) is 13.1. The van der Waals surface area contributed by atoms with E-state index in [2.05, 4.69) is 11.0 Å². The molecule has 2 aliphatic rings. The number of aromatic nitrogens is 1. The van der Waals surface area contributed by atoms with Crippen LogP contribution in [0, 0.1) is 0 Å². The molecular formula is C19H20N2O2. The summed E-state index contributed by atoms with van der Waals surface area (Å²) >= 11 is 0. The van der Waals surface area contributed by atoms with E-state index in [-0.39, 0.29) is 5.97 Å². The minimum absolute atomic E-state index is 0.247. The van der Waals surface area contributed by atoms with Crippen LogP contribution in [0.5, 0.6) is 0 Å². The average Bonchev–Trinajstić information content (AvgIpc) is 2.62. The molecule has 118 valence electrons. The summed E-state index contributed by atoms with van der Waals surface area (Å²) in [5.41, 5.74) is 3.44. The monoisotopic (exact) mass is 308 g/mol. The van der Waals surface area contributed by atoms with E-state index in [0.717, 1.165) is 42.1 Å². The summed E-state index contributed by atoms with van der Waals surface area (Å²) in [7, 11) is 0. The van der Waals surface area contributed by atoms with E-state index in [4.69, 9.17) is 9.72 Å². The standard InChI is InChI=1S/C19H20N2O2/c22-19-17-15(9-12-23-19)13-16(21-10-5-2-6-11-21)20-18(17)14-7-3-1-4-8-14/h1,3-4,7-8,13H,2,5-6,9-12H2. The van der Waals surface area contributed by atoms with Crippen molar-refractivity contribution in [1.82, 2.24) is 4.98 Å². The Labute approximate surface area is 136 Å². The second kappa shape index (κ2) is 6.03. The van der Waals surface area contributed by atoms with Gasteiger partial charge in [0.15, 0.2) is 0 Å². The molecule has 4 heteroatoms. The molecule has 0 unspecified atom stereocenters. The number of carbonyl (C=O) groups excluding carboxylic acids is 1. The zero-order chi connectivity index (χ0) is 15.6. The van der Waals surface area contributed by atoms with Crippen molar-refractivity contribution in [1.29, 1.82) is 0 Å². The molecule has 1 aromatic heterocycles. The summed E-state index contributed by atoms with van der Waals surface area (Å²) in [6, 6.07) is 12.0. The van der Waals surface area contributed by atoms with E-state index < -0.39 is 0 Å². The molecule has 4 nitrogen and oxygen atoms in total. The smallest absolute Gasteiger partial charge is 0.340 e. The van der Waals surface area contributed by atoms with Crippen LogP contribution in [-0.4, -0.2) is 30.6 Å². The van der Waals surface area contributed by atoms with Gasteiger partial charge in [-0.25, -0.2) is 9.78 Å². The summed E-state index contributed by atoms with van der Waals surface area (Å²) in [4.78, 5) is 19.5. The number of hydrogen-bond acceptors (Lipinski definition) is 4. The maximum absolute atomic E-state index is 12.3. The number of hydrogen-bond donors (Lipinski definition) is 0. The lowest BCUT2D eigenvalue weighted by Gasteiger charge is -2.30. The molecule has 1 fully saturated rings. The van der Waals surface area contributed by atoms with Gasteiger partial charge in [-0.3, -0.25) is 0 Å². The Morgan fingerprint density at radius 2 is 1.83 bits per heavy atom. The van der Waals surface area contributed by atoms with E-state index >= 15 is 0 Å². The van der Waals surface area contributed by atoms with Crippen LogP contribution in [0.25, 0.3) is 11.3 Å². The highest BCUT2D eigenvalue weighted by molar-refractivity contribution is 5.99. The van der Waals surface area contributed by atoms with Crippen LogP contribution in [0.2, 0.25) is 0 Å². The molecule has 23 heavy (non-hydrogen) atoms. The SMILES string of the molecule is O=C1OCCc2cc(N3CCCCC3)nc(-c3ccccc3)c21. The molecule has 0 spiro atoms. The Balaban J connectivity index is 1.86. The average molecular weight is 308 g/mol. The van der Waals surface area contributed by atoms with Crippen molar-refractivity contribution in [2.24, 2.45) is 0 Å². The fourth-order valence-corrected chi connectivity index (χ4v) is 3.42. The molecule has 0 bridgehead atoms. The number of esters is 1. The number of fused-ring (bicyclic) bond motifs is 1. The predicted molar refractivity (Wildman–Crippen MR) is 89.7 cm³/mol. The van der Waals surface area contributed by atoms with E-state index in [0.29, 0.717) is 12.2 Å². The predicted octanol–water partition coefficient (Wildman–Crippen LogP) is 3.45. The minimum atomic E-state index is -0.247. The number of benzene rings is 1. The van der Waals surface area contributed by atoms with Gasteiger partial charge in [0.1, 0.15) is 5.82 Å². The number of anilines is 1. The lowest BCUT2D eigenvalue weighted by atomic mass is 9.97. The van der Waals surface area contributed by atoms with Crippen LogP contribution in [0.15, 0.2) is 36.4 Å². The summed E-state index contributed by atoms with van der Waals surface area (Å²) in [6.07, 6.45) is 4.48. The molecule has 2 aliphatic heterocycles. The van der Waals surface area contributed by atoms with Crippen LogP contribution in [0.1, 0.15) is 35.2 Å². The summed E-state index contributed by atoms with van der Waals surface area (Å²) in [5, 5.41) is 0. The van der Waals surface area contributed by atoms with Crippen molar-refractivity contribution in [2.75, 3.05) is 24.6 Å². The summed E-state index contributed by atoms with van der Waals surface area (Å²) in [5.74, 6) is 0.750. The molecule has 2 aromatic rings. The Kier molecular flexibility index (Phi) is 3.74. The second-order valence-corrected chi connectivity index (χ2v) is 6.16. The maximum atomic E-state index is 12.3. The van der Waals surface area contributed by atoms with Crippen molar-refractivity contribution in [2.45, 2.75) is 25.7 Å². The first-order valence-electron chi connectivity index (χ1n) is 8.34. The lowest BCUT2D eigenvalue weighted by Crippen LogP contribution is -2.31. The Bertz CT molecular complexity index is 722. The molecule has 0 atom stereocenters. The normalized spacial score (nSPS) is 17.6. The highest BCUT2D eigenvalue weighted by Crippen LogP contribution is 2.32. The van der Waals surface area contributed by atoms with Crippen molar-refractivity contribution in [3.63, 3.8) is 0 Å². The molecule has 0 aliphatic carbocycles. The number of pyridine rings is 1. The molecule has 0 amide bonds. The van der Waals surface area contributed by atoms with Crippen LogP contribution in [0.4, 0.5) is 5.82 Å². The van der Waals surface area contributed by atoms with Gasteiger partial charge in [-0.1, -0.05) is 30.3 Å². The molecule has 4 rings (SSSR count). The third-order valence-electron chi connectivity index (χ3n) is 4.62. The Morgan fingerprint density at radius 1 is 1.04 bits per heavy atom. The topological polar surface area (TPSA) is 42.4 Å². The number of cyclic esters (lactones) is 1. The van der Waals surface area contributed by atoms with Gasteiger partial charge >= 0.3 is 5.97 Å². The first-order chi connectivity index (χ1) is 11.3. The molecule has 0 radical (unpaired) electrons. The molecular weight excluding hydrogens is 288 g/mol. The number of piperidine rings is 1. The minimum Gasteiger partial charge on any atom is -0.462 e. The third kappa shape index (κ3) is 2.69. The molecule has 0 saturated carbocycles. The quantitative estimate of drug-likeness (QED) is 0.797. The number of ether oxygens (including phenoxy) is 1. The number of carbonyl (C=O) groups is 1. The summed E-state index contributed by atoms with van der Waals surface area (Å²) in [6.45, 7) is 2.55. The molecule has 1 aromatic carbocycles. The van der Waals surface area contributed by atoms with E-state index in [1.807, 2.05) is 30.3 Å². The first kappa shape index (κ1) is 14.2. The maximum Gasteiger partial charge on any atom is 0.340 e. The fraction of sp³-hybridized carbons (Fsp3) is 0.368. The van der Waals surface area contributed by atoms with Crippen LogP contribution >= 0.6 is 0 Å². The van der Waals surface area contributed by atoms with Gasteiger partial charge in [-0.2, -0.15) is 0 Å². The van der Waals surface area contributed by atoms with Crippen molar-refractivity contribution in [3.8, 4) is 11.3 Å². The zero-order valence-corrected chi connectivity index (χ0v) is 13.1. The van der Waals surface area contributed by atoms with Crippen LogP contribution in [-0.2, 0) is 11.2 Å². The van der Waals surface area contributed by atoms with Crippen molar-refractivity contribution >= 4 is 11.8 Å².